The molecule has 2 aliphatic heterocycles. The Hall–Kier alpha value is -2.00. The minimum Gasteiger partial charge on any atom is -0.455 e. The van der Waals surface area contributed by atoms with E-state index in [1.807, 2.05) is 30.3 Å². The Balaban J connectivity index is 1.86. The minimum atomic E-state index is -0.836. The van der Waals surface area contributed by atoms with Gasteiger partial charge in [0.05, 0.1) is 12.6 Å². The largest absolute Gasteiger partial charge is 0.455 e. The zero-order valence-electron chi connectivity index (χ0n) is 14.9. The summed E-state index contributed by atoms with van der Waals surface area (Å²) in [5, 5.41) is 2.82. The molecule has 8 heteroatoms. The molecule has 1 N–H and O–H groups in total. The topological polar surface area (TPSA) is 92.3 Å². The van der Waals surface area contributed by atoms with Crippen LogP contribution < -0.4 is 5.32 Å². The Bertz CT molecular complexity index is 638. The van der Waals surface area contributed by atoms with Crippen LogP contribution in [0.4, 0.5) is 0 Å². The Labute approximate surface area is 151 Å². The lowest BCUT2D eigenvalue weighted by Gasteiger charge is -2.48. The maximum atomic E-state index is 11.7. The van der Waals surface area contributed by atoms with Crippen molar-refractivity contribution in [3.63, 3.8) is 0 Å². The summed E-state index contributed by atoms with van der Waals surface area (Å²) in [6.07, 6.45) is -3.30. The van der Waals surface area contributed by atoms with E-state index in [0.29, 0.717) is 0 Å². The zero-order chi connectivity index (χ0) is 18.7. The van der Waals surface area contributed by atoms with Gasteiger partial charge in [0.15, 0.2) is 18.7 Å². The maximum Gasteiger partial charge on any atom is 0.303 e. The van der Waals surface area contributed by atoms with Crippen LogP contribution in [0.3, 0.4) is 0 Å². The molecule has 1 amide bonds. The highest BCUT2D eigenvalue weighted by Crippen LogP contribution is 2.35. The van der Waals surface area contributed by atoms with Crippen LogP contribution in [0.2, 0.25) is 0 Å². The predicted molar refractivity (Wildman–Crippen MR) is 88.8 cm³/mol. The number of nitrogens with one attached hydrogen (secondary N) is 1. The summed E-state index contributed by atoms with van der Waals surface area (Å²) >= 11 is 0. The maximum absolute atomic E-state index is 11.7. The van der Waals surface area contributed by atoms with Crippen molar-refractivity contribution < 1.29 is 33.3 Å². The molecule has 0 spiro atoms. The molecule has 3 rings (SSSR count). The van der Waals surface area contributed by atoms with Crippen LogP contribution in [-0.4, -0.2) is 56.2 Å². The predicted octanol–water partition coefficient (Wildman–Crippen LogP) is 0.908. The van der Waals surface area contributed by atoms with Gasteiger partial charge in [-0.05, 0) is 0 Å². The molecule has 2 fully saturated rings. The quantitative estimate of drug-likeness (QED) is 0.793. The number of benzene rings is 1. The third-order valence-electron chi connectivity index (χ3n) is 4.32. The molecule has 2 saturated heterocycles. The molecule has 2 aliphatic rings. The molecule has 0 saturated carbocycles. The van der Waals surface area contributed by atoms with Gasteiger partial charge in [-0.2, -0.15) is 0 Å². The van der Waals surface area contributed by atoms with Crippen LogP contribution in [0.5, 0.6) is 0 Å². The van der Waals surface area contributed by atoms with Gasteiger partial charge in [0.25, 0.3) is 0 Å². The lowest BCUT2D eigenvalue weighted by molar-refractivity contribution is -0.341. The van der Waals surface area contributed by atoms with E-state index in [1.54, 1.807) is 0 Å². The third kappa shape index (κ3) is 4.04. The van der Waals surface area contributed by atoms with Crippen molar-refractivity contribution in [3.05, 3.63) is 35.9 Å². The van der Waals surface area contributed by atoms with E-state index in [1.165, 1.54) is 21.0 Å². The second-order valence-corrected chi connectivity index (χ2v) is 6.26. The highest BCUT2D eigenvalue weighted by molar-refractivity contribution is 5.73. The average molecular weight is 365 g/mol. The van der Waals surface area contributed by atoms with Crippen molar-refractivity contribution in [2.24, 2.45) is 0 Å². The van der Waals surface area contributed by atoms with E-state index in [4.69, 9.17) is 23.7 Å². The third-order valence-corrected chi connectivity index (χ3v) is 4.32. The monoisotopic (exact) mass is 365 g/mol. The smallest absolute Gasteiger partial charge is 0.303 e. The number of carbonyl (C=O) groups is 2. The van der Waals surface area contributed by atoms with Crippen molar-refractivity contribution in [1.29, 1.82) is 0 Å². The molecule has 0 unspecified atom stereocenters. The standard InChI is InChI=1S/C18H23NO7/c1-10(20)19-14-15-13(25-18(22-3)16(14)24-11(2)21)9-23-17(26-15)12-7-5-4-6-8-12/h4-8,13-18H,9H2,1-3H3,(H,19,20)/t13-,14+,15-,16-,17-,18-/m1/s1. The Morgan fingerprint density at radius 3 is 2.50 bits per heavy atom. The van der Waals surface area contributed by atoms with Gasteiger partial charge in [0.1, 0.15) is 12.2 Å². The zero-order valence-corrected chi connectivity index (χ0v) is 14.9. The number of hydrogen-bond acceptors (Lipinski definition) is 7. The lowest BCUT2D eigenvalue weighted by Crippen LogP contribution is -2.67. The summed E-state index contributed by atoms with van der Waals surface area (Å²) in [4.78, 5) is 23.3. The van der Waals surface area contributed by atoms with E-state index >= 15 is 0 Å². The molecule has 8 nitrogen and oxygen atoms in total. The second-order valence-electron chi connectivity index (χ2n) is 6.26. The number of esters is 1. The molecule has 6 atom stereocenters. The van der Waals surface area contributed by atoms with Gasteiger partial charge < -0.3 is 29.0 Å². The van der Waals surface area contributed by atoms with Crippen LogP contribution in [0.25, 0.3) is 0 Å². The SMILES string of the molecule is CO[C@@H]1O[C@@H]2CO[C@@H](c3ccccc3)O[C@H]2[C@H](NC(C)=O)[C@H]1OC(C)=O. The molecule has 142 valence electrons. The fourth-order valence-corrected chi connectivity index (χ4v) is 3.28. The van der Waals surface area contributed by atoms with Gasteiger partial charge in [-0.1, -0.05) is 30.3 Å². The Morgan fingerprint density at radius 2 is 1.88 bits per heavy atom. The first-order valence-corrected chi connectivity index (χ1v) is 8.44. The van der Waals surface area contributed by atoms with E-state index in [0.717, 1.165) is 5.56 Å². The summed E-state index contributed by atoms with van der Waals surface area (Å²) in [7, 11) is 1.45. The Kier molecular flexibility index (Phi) is 5.87. The fourth-order valence-electron chi connectivity index (χ4n) is 3.28. The summed E-state index contributed by atoms with van der Waals surface area (Å²) in [6, 6.07) is 8.83. The second kappa shape index (κ2) is 8.13. The fraction of sp³-hybridized carbons (Fsp3) is 0.556. The molecule has 0 bridgehead atoms. The molecule has 0 aliphatic carbocycles. The molecular formula is C18H23NO7. The van der Waals surface area contributed by atoms with Crippen LogP contribution in [-0.2, 0) is 33.3 Å². The molecule has 1 aromatic rings. The molecule has 1 aromatic carbocycles. The van der Waals surface area contributed by atoms with E-state index in [-0.39, 0.29) is 12.5 Å². The van der Waals surface area contributed by atoms with Gasteiger partial charge in [-0.3, -0.25) is 9.59 Å². The van der Waals surface area contributed by atoms with Gasteiger partial charge in [-0.15, -0.1) is 0 Å². The number of amides is 1. The van der Waals surface area contributed by atoms with Crippen molar-refractivity contribution >= 4 is 11.9 Å². The first-order chi connectivity index (χ1) is 12.5. The average Bonchev–Trinajstić information content (AvgIpc) is 2.63. The molecule has 0 aromatic heterocycles. The molecule has 26 heavy (non-hydrogen) atoms. The van der Waals surface area contributed by atoms with Crippen LogP contribution in [0, 0.1) is 0 Å². The Morgan fingerprint density at radius 1 is 1.15 bits per heavy atom. The minimum absolute atomic E-state index is 0.257. The first kappa shape index (κ1) is 18.8. The molecule has 0 radical (unpaired) electrons. The number of ether oxygens (including phenoxy) is 5. The summed E-state index contributed by atoms with van der Waals surface area (Å²) < 4.78 is 28.4. The summed E-state index contributed by atoms with van der Waals surface area (Å²) in [6.45, 7) is 2.94. The summed E-state index contributed by atoms with van der Waals surface area (Å²) in [5.41, 5.74) is 0.852. The molecular weight excluding hydrogens is 342 g/mol. The van der Waals surface area contributed by atoms with Crippen molar-refractivity contribution in [2.45, 2.75) is 50.8 Å². The number of hydrogen-bond donors (Lipinski definition) is 1. The molecule has 2 heterocycles. The number of fused-ring (bicyclic) bond motifs is 1. The van der Waals surface area contributed by atoms with Gasteiger partial charge in [0, 0.05) is 26.5 Å². The van der Waals surface area contributed by atoms with E-state index in [2.05, 4.69) is 5.32 Å². The van der Waals surface area contributed by atoms with Crippen molar-refractivity contribution in [2.75, 3.05) is 13.7 Å². The first-order valence-electron chi connectivity index (χ1n) is 8.44. The van der Waals surface area contributed by atoms with Crippen molar-refractivity contribution in [1.82, 2.24) is 5.32 Å². The van der Waals surface area contributed by atoms with Crippen LogP contribution in [0.1, 0.15) is 25.7 Å². The lowest BCUT2D eigenvalue weighted by atomic mass is 9.94. The highest BCUT2D eigenvalue weighted by Gasteiger charge is 2.52. The van der Waals surface area contributed by atoms with Gasteiger partial charge in [0.2, 0.25) is 5.91 Å². The number of methoxy groups -OCH3 is 1. The summed E-state index contributed by atoms with van der Waals surface area (Å²) in [5.74, 6) is -0.768. The van der Waals surface area contributed by atoms with Gasteiger partial charge in [-0.25, -0.2) is 0 Å². The van der Waals surface area contributed by atoms with Crippen molar-refractivity contribution in [3.8, 4) is 0 Å². The van der Waals surface area contributed by atoms with Crippen LogP contribution >= 0.6 is 0 Å². The van der Waals surface area contributed by atoms with E-state index < -0.39 is 42.9 Å². The normalized spacial score (nSPS) is 33.8. The number of rotatable bonds is 4. The number of carbonyl (C=O) groups excluding carboxylic acids is 2. The van der Waals surface area contributed by atoms with Crippen LogP contribution in [0.15, 0.2) is 30.3 Å². The highest BCUT2D eigenvalue weighted by atomic mass is 16.8. The van der Waals surface area contributed by atoms with Gasteiger partial charge >= 0.3 is 5.97 Å². The van der Waals surface area contributed by atoms with E-state index in [9.17, 15) is 9.59 Å².